The van der Waals surface area contributed by atoms with Crippen LogP contribution in [0.3, 0.4) is 0 Å². The van der Waals surface area contributed by atoms with Crippen molar-refractivity contribution in [3.8, 4) is 0 Å². The smallest absolute Gasteiger partial charge is 0.308 e. The molecular weight excluding hydrogens is 148 g/mol. The van der Waals surface area contributed by atoms with Gasteiger partial charge in [0, 0.05) is 6.42 Å². The highest BCUT2D eigenvalue weighted by atomic mass is 16.8. The first-order valence-corrected chi connectivity index (χ1v) is 3.69. The fourth-order valence-corrected chi connectivity index (χ4v) is 0.726. The highest BCUT2D eigenvalue weighted by Crippen LogP contribution is 2.27. The van der Waals surface area contributed by atoms with E-state index in [4.69, 9.17) is 14.6 Å². The molecule has 11 heavy (non-hydrogen) atoms. The second-order valence-corrected chi connectivity index (χ2v) is 2.58. The van der Waals surface area contributed by atoms with Crippen LogP contribution in [0.1, 0.15) is 19.8 Å². The molecule has 1 atom stereocenters. The Bertz CT molecular complexity index is 151. The fourth-order valence-electron chi connectivity index (χ4n) is 0.726. The highest BCUT2D eigenvalue weighted by Gasteiger charge is 2.48. The minimum Gasteiger partial charge on any atom is -0.428 e. The van der Waals surface area contributed by atoms with Gasteiger partial charge in [-0.3, -0.25) is 4.79 Å². The summed E-state index contributed by atoms with van der Waals surface area (Å²) in [5.41, 5.74) is 0. The molecule has 1 saturated heterocycles. The Morgan fingerprint density at radius 3 is 2.82 bits per heavy atom. The van der Waals surface area contributed by atoms with Crippen molar-refractivity contribution in [3.63, 3.8) is 0 Å². The molecule has 0 aromatic rings. The maximum atomic E-state index is 10.8. The van der Waals surface area contributed by atoms with E-state index >= 15 is 0 Å². The lowest BCUT2D eigenvalue weighted by atomic mass is 10.3. The molecule has 1 fully saturated rings. The van der Waals surface area contributed by atoms with Gasteiger partial charge in [0.05, 0.1) is 0 Å². The van der Waals surface area contributed by atoms with Gasteiger partial charge in [0.2, 0.25) is 0 Å². The van der Waals surface area contributed by atoms with Crippen LogP contribution in [0.4, 0.5) is 0 Å². The van der Waals surface area contributed by atoms with Crippen LogP contribution in [0, 0.1) is 0 Å². The largest absolute Gasteiger partial charge is 0.428 e. The average molecular weight is 160 g/mol. The van der Waals surface area contributed by atoms with Crippen LogP contribution in [-0.2, 0) is 14.3 Å². The number of aliphatic hydroxyl groups is 1. The highest BCUT2D eigenvalue weighted by molar-refractivity contribution is 5.69. The summed E-state index contributed by atoms with van der Waals surface area (Å²) in [7, 11) is 0. The Hall–Kier alpha value is -0.610. The Kier molecular flexibility index (Phi) is 2.46. The van der Waals surface area contributed by atoms with Crippen LogP contribution in [0.15, 0.2) is 0 Å². The van der Waals surface area contributed by atoms with Gasteiger partial charge in [-0.25, -0.2) is 0 Å². The summed E-state index contributed by atoms with van der Waals surface area (Å²) in [6.07, 6.45) is 1.13. The van der Waals surface area contributed by atoms with Gasteiger partial charge in [-0.1, -0.05) is 6.92 Å². The van der Waals surface area contributed by atoms with E-state index in [1.165, 1.54) is 0 Å². The Morgan fingerprint density at radius 2 is 2.45 bits per heavy atom. The van der Waals surface area contributed by atoms with Crippen molar-refractivity contribution in [2.45, 2.75) is 25.6 Å². The van der Waals surface area contributed by atoms with Crippen molar-refractivity contribution < 1.29 is 19.4 Å². The van der Waals surface area contributed by atoms with E-state index in [0.717, 1.165) is 6.42 Å². The number of hydrogen-bond donors (Lipinski definition) is 1. The molecule has 0 bridgehead atoms. The minimum atomic E-state index is -0.980. The van der Waals surface area contributed by atoms with Crippen molar-refractivity contribution in [1.82, 2.24) is 0 Å². The topological polar surface area (TPSA) is 59.1 Å². The van der Waals surface area contributed by atoms with E-state index in [-0.39, 0.29) is 12.6 Å². The van der Waals surface area contributed by atoms with Crippen LogP contribution in [-0.4, -0.2) is 30.1 Å². The van der Waals surface area contributed by atoms with Gasteiger partial charge < -0.3 is 14.6 Å². The molecule has 0 aromatic heterocycles. The third-order valence-corrected chi connectivity index (χ3v) is 1.46. The quantitative estimate of drug-likeness (QED) is 0.466. The zero-order chi connectivity index (χ0) is 8.32. The van der Waals surface area contributed by atoms with Gasteiger partial charge in [-0.2, -0.15) is 0 Å². The van der Waals surface area contributed by atoms with Crippen molar-refractivity contribution in [1.29, 1.82) is 0 Å². The molecule has 0 spiro atoms. The number of esters is 1. The van der Waals surface area contributed by atoms with Gasteiger partial charge in [0.15, 0.2) is 0 Å². The normalized spacial score (nSPS) is 28.2. The van der Waals surface area contributed by atoms with E-state index in [2.05, 4.69) is 0 Å². The van der Waals surface area contributed by atoms with Crippen molar-refractivity contribution in [2.24, 2.45) is 0 Å². The molecule has 1 rings (SSSR count). The number of rotatable bonds is 4. The molecule has 1 aliphatic rings. The second-order valence-electron chi connectivity index (χ2n) is 2.58. The van der Waals surface area contributed by atoms with E-state index < -0.39 is 5.79 Å². The van der Waals surface area contributed by atoms with Crippen LogP contribution in [0.5, 0.6) is 0 Å². The zero-order valence-electron chi connectivity index (χ0n) is 6.50. The molecular formula is C7H12O4. The molecule has 0 aliphatic carbocycles. The van der Waals surface area contributed by atoms with Gasteiger partial charge in [0.25, 0.3) is 5.79 Å². The fraction of sp³-hybridized carbons (Fsp3) is 0.857. The van der Waals surface area contributed by atoms with Gasteiger partial charge in [-0.05, 0) is 6.42 Å². The third-order valence-electron chi connectivity index (χ3n) is 1.46. The minimum absolute atomic E-state index is 0.248. The molecule has 0 unspecified atom stereocenters. The molecule has 64 valence electrons. The lowest BCUT2D eigenvalue weighted by Crippen LogP contribution is -2.25. The lowest BCUT2D eigenvalue weighted by molar-refractivity contribution is -0.162. The number of epoxide rings is 1. The SMILES string of the molecule is CCCC(=O)O[C@]1(CO)CO1. The first-order chi connectivity index (χ1) is 5.22. The predicted octanol–water partition coefficient (Wildman–Crippen LogP) is 0.0485. The van der Waals surface area contributed by atoms with E-state index in [9.17, 15) is 4.79 Å². The molecule has 4 nitrogen and oxygen atoms in total. The summed E-state index contributed by atoms with van der Waals surface area (Å²) in [6.45, 7) is 1.96. The van der Waals surface area contributed by atoms with Crippen LogP contribution in [0.2, 0.25) is 0 Å². The van der Waals surface area contributed by atoms with Crippen molar-refractivity contribution in [3.05, 3.63) is 0 Å². The first-order valence-electron chi connectivity index (χ1n) is 3.69. The Balaban J connectivity index is 2.24. The molecule has 1 N–H and O–H groups in total. The predicted molar refractivity (Wildman–Crippen MR) is 36.8 cm³/mol. The van der Waals surface area contributed by atoms with Gasteiger partial charge in [-0.15, -0.1) is 0 Å². The summed E-state index contributed by atoms with van der Waals surface area (Å²) in [5.74, 6) is -1.29. The summed E-state index contributed by atoms with van der Waals surface area (Å²) < 4.78 is 9.60. The Labute approximate surface area is 65.1 Å². The number of carbonyl (C=O) groups excluding carboxylic acids is 1. The third kappa shape index (κ3) is 2.17. The standard InChI is InChI=1S/C7H12O4/c1-2-3-6(9)11-7(4-8)5-10-7/h8H,2-5H2,1H3/t7-/m1/s1. The first kappa shape index (κ1) is 8.49. The molecule has 4 heteroatoms. The van der Waals surface area contributed by atoms with Crippen LogP contribution in [0.25, 0.3) is 0 Å². The van der Waals surface area contributed by atoms with E-state index in [0.29, 0.717) is 13.0 Å². The summed E-state index contributed by atoms with van der Waals surface area (Å²) in [4.78, 5) is 10.8. The van der Waals surface area contributed by atoms with Crippen molar-refractivity contribution in [2.75, 3.05) is 13.2 Å². The molecule has 1 aliphatic heterocycles. The van der Waals surface area contributed by atoms with E-state index in [1.807, 2.05) is 6.92 Å². The zero-order valence-corrected chi connectivity index (χ0v) is 6.50. The number of hydrogen-bond acceptors (Lipinski definition) is 4. The number of carbonyl (C=O) groups is 1. The second kappa shape index (κ2) is 3.19. The molecule has 0 aromatic carbocycles. The summed E-state index contributed by atoms with van der Waals surface area (Å²) >= 11 is 0. The van der Waals surface area contributed by atoms with Crippen molar-refractivity contribution >= 4 is 5.97 Å². The lowest BCUT2D eigenvalue weighted by Gasteiger charge is -2.08. The number of aliphatic hydroxyl groups excluding tert-OH is 1. The monoisotopic (exact) mass is 160 g/mol. The van der Waals surface area contributed by atoms with Crippen LogP contribution < -0.4 is 0 Å². The van der Waals surface area contributed by atoms with Gasteiger partial charge >= 0.3 is 5.97 Å². The van der Waals surface area contributed by atoms with Gasteiger partial charge in [0.1, 0.15) is 13.2 Å². The average Bonchev–Trinajstić information content (AvgIpc) is 2.70. The summed E-state index contributed by atoms with van der Waals surface area (Å²) in [5, 5.41) is 8.67. The molecule has 1 heterocycles. The van der Waals surface area contributed by atoms with E-state index in [1.54, 1.807) is 0 Å². The molecule has 0 saturated carbocycles. The summed E-state index contributed by atoms with van der Waals surface area (Å²) in [6, 6.07) is 0. The van der Waals surface area contributed by atoms with Crippen LogP contribution >= 0.6 is 0 Å². The number of ether oxygens (including phenoxy) is 2. The Morgan fingerprint density at radius 1 is 1.82 bits per heavy atom. The molecule has 0 radical (unpaired) electrons. The maximum Gasteiger partial charge on any atom is 0.308 e. The molecule has 0 amide bonds. The maximum absolute atomic E-state index is 10.8.